The number of hydrogen-bond acceptors (Lipinski definition) is 10. The number of rotatable bonds is 9. The van der Waals surface area contributed by atoms with Crippen molar-refractivity contribution < 1.29 is 22.7 Å². The zero-order valence-corrected chi connectivity index (χ0v) is 23.9. The van der Waals surface area contributed by atoms with Gasteiger partial charge in [-0.3, -0.25) is 4.98 Å². The number of nitriles is 1. The third-order valence-electron chi connectivity index (χ3n) is 7.80. The first kappa shape index (κ1) is 29.2. The van der Waals surface area contributed by atoms with E-state index in [1.54, 1.807) is 23.0 Å². The van der Waals surface area contributed by atoms with Gasteiger partial charge in [-0.05, 0) is 63.8 Å². The number of nitrogens with one attached hydrogen (secondary N) is 1. The molecule has 5 aromatic heterocycles. The molecular weight excluding hydrogens is 577 g/mol. The lowest BCUT2D eigenvalue weighted by atomic mass is 9.85. The number of hydrogen-bond donors (Lipinski definition) is 2. The normalized spacial score (nSPS) is 18.0. The predicted octanol–water partition coefficient (Wildman–Crippen LogP) is 5.09. The molecule has 12 nitrogen and oxygen atoms in total. The van der Waals surface area contributed by atoms with E-state index in [0.29, 0.717) is 59.6 Å². The average Bonchev–Trinajstić information content (AvgIpc) is 3.77. The number of fused-ring (bicyclic) bond motifs is 1. The SMILES string of the molecule is CC(C)(O)[C@H](F)Cn1cc(-c2cnc(-c3ccc4cc(C#N)cnn34)cc2NC2CCC(c3nnc(C(F)F)o3)CC2)nn1. The molecule has 5 aromatic rings. The Bertz CT molecular complexity index is 1810. The summed E-state index contributed by atoms with van der Waals surface area (Å²) in [7, 11) is 0. The van der Waals surface area contributed by atoms with Gasteiger partial charge in [0.15, 0.2) is 0 Å². The summed E-state index contributed by atoms with van der Waals surface area (Å²) in [6.45, 7) is 2.61. The Hall–Kier alpha value is -4.84. The molecule has 0 radical (unpaired) electrons. The van der Waals surface area contributed by atoms with Crippen LogP contribution in [-0.2, 0) is 6.54 Å². The van der Waals surface area contributed by atoms with Crippen molar-refractivity contribution in [3.8, 4) is 28.7 Å². The van der Waals surface area contributed by atoms with Crippen molar-refractivity contribution in [3.63, 3.8) is 0 Å². The Balaban J connectivity index is 1.28. The van der Waals surface area contributed by atoms with Crippen molar-refractivity contribution in [2.45, 2.75) is 76.2 Å². The van der Waals surface area contributed by atoms with Crippen LogP contribution in [0.3, 0.4) is 0 Å². The number of nitrogens with zero attached hydrogens (tertiary/aromatic N) is 9. The summed E-state index contributed by atoms with van der Waals surface area (Å²) in [6.07, 6.45) is 3.13. The fraction of sp³-hybridized carbons (Fsp3) is 0.414. The van der Waals surface area contributed by atoms with Crippen molar-refractivity contribution in [2.75, 3.05) is 5.32 Å². The molecule has 0 unspecified atom stereocenters. The lowest BCUT2D eigenvalue weighted by Gasteiger charge is -2.28. The summed E-state index contributed by atoms with van der Waals surface area (Å²) in [5.41, 5.74) is 2.79. The minimum Gasteiger partial charge on any atom is -0.419 e. The van der Waals surface area contributed by atoms with Gasteiger partial charge in [0.05, 0.1) is 47.0 Å². The second-order valence-corrected chi connectivity index (χ2v) is 11.4. The van der Waals surface area contributed by atoms with E-state index in [1.807, 2.05) is 18.2 Å². The van der Waals surface area contributed by atoms with Crippen molar-refractivity contribution in [3.05, 3.63) is 60.2 Å². The van der Waals surface area contributed by atoms with Gasteiger partial charge in [-0.2, -0.15) is 19.1 Å². The molecule has 0 saturated heterocycles. The van der Waals surface area contributed by atoms with E-state index in [-0.39, 0.29) is 24.4 Å². The molecule has 5 heterocycles. The summed E-state index contributed by atoms with van der Waals surface area (Å²) in [4.78, 5) is 4.68. The quantitative estimate of drug-likeness (QED) is 0.232. The van der Waals surface area contributed by atoms with Gasteiger partial charge in [0.2, 0.25) is 5.89 Å². The third-order valence-corrected chi connectivity index (χ3v) is 7.80. The maximum absolute atomic E-state index is 14.5. The highest BCUT2D eigenvalue weighted by molar-refractivity contribution is 5.79. The van der Waals surface area contributed by atoms with Crippen LogP contribution >= 0.6 is 0 Å². The number of anilines is 1. The maximum Gasteiger partial charge on any atom is 0.314 e. The van der Waals surface area contributed by atoms with Crippen molar-refractivity contribution in [1.29, 1.82) is 5.26 Å². The smallest absolute Gasteiger partial charge is 0.314 e. The van der Waals surface area contributed by atoms with Crippen LogP contribution in [0.15, 0.2) is 47.3 Å². The first-order valence-corrected chi connectivity index (χ1v) is 14.1. The summed E-state index contributed by atoms with van der Waals surface area (Å²) in [5.74, 6) is -0.548. The molecule has 0 amide bonds. The molecule has 44 heavy (non-hydrogen) atoms. The minimum atomic E-state index is -2.81. The molecule has 6 rings (SSSR count). The van der Waals surface area contributed by atoms with Gasteiger partial charge in [-0.25, -0.2) is 13.6 Å². The molecule has 1 aliphatic carbocycles. The van der Waals surface area contributed by atoms with Gasteiger partial charge in [-0.15, -0.1) is 15.3 Å². The van der Waals surface area contributed by atoms with Gasteiger partial charge in [0.1, 0.15) is 17.9 Å². The van der Waals surface area contributed by atoms with Crippen LogP contribution in [0.25, 0.3) is 28.2 Å². The molecule has 228 valence electrons. The van der Waals surface area contributed by atoms with Gasteiger partial charge in [0.25, 0.3) is 5.89 Å². The fourth-order valence-electron chi connectivity index (χ4n) is 5.28. The molecule has 0 bridgehead atoms. The van der Waals surface area contributed by atoms with Crippen LogP contribution in [0.1, 0.15) is 69.2 Å². The highest BCUT2D eigenvalue weighted by atomic mass is 19.3. The van der Waals surface area contributed by atoms with Crippen LogP contribution in [0.2, 0.25) is 0 Å². The first-order chi connectivity index (χ1) is 21.1. The zero-order valence-electron chi connectivity index (χ0n) is 23.9. The molecule has 1 fully saturated rings. The molecule has 0 aromatic carbocycles. The Morgan fingerprint density at radius 3 is 2.59 bits per heavy atom. The summed E-state index contributed by atoms with van der Waals surface area (Å²) in [5, 5.41) is 42.8. The summed E-state index contributed by atoms with van der Waals surface area (Å²) < 4.78 is 48.6. The number of pyridine rings is 1. The largest absolute Gasteiger partial charge is 0.419 e. The zero-order chi connectivity index (χ0) is 31.0. The van der Waals surface area contributed by atoms with E-state index >= 15 is 0 Å². The molecule has 15 heteroatoms. The van der Waals surface area contributed by atoms with Gasteiger partial charge < -0.3 is 14.8 Å². The minimum absolute atomic E-state index is 0.0265. The van der Waals surface area contributed by atoms with Crippen LogP contribution in [0, 0.1) is 11.3 Å². The Labute approximate surface area is 249 Å². The van der Waals surface area contributed by atoms with Crippen LogP contribution < -0.4 is 5.32 Å². The van der Waals surface area contributed by atoms with E-state index in [4.69, 9.17) is 4.42 Å². The second kappa shape index (κ2) is 11.7. The molecule has 0 aliphatic heterocycles. The Kier molecular flexibility index (Phi) is 7.76. The number of aromatic nitrogens is 8. The Morgan fingerprint density at radius 1 is 1.09 bits per heavy atom. The molecule has 1 saturated carbocycles. The van der Waals surface area contributed by atoms with Crippen LogP contribution in [0.4, 0.5) is 18.9 Å². The topological polar surface area (TPSA) is 156 Å². The third kappa shape index (κ3) is 5.98. The second-order valence-electron chi connectivity index (χ2n) is 11.4. The average molecular weight is 607 g/mol. The van der Waals surface area contributed by atoms with E-state index in [9.17, 15) is 23.5 Å². The van der Waals surface area contributed by atoms with Gasteiger partial charge >= 0.3 is 6.43 Å². The van der Waals surface area contributed by atoms with E-state index in [0.717, 1.165) is 5.52 Å². The Morgan fingerprint density at radius 2 is 1.89 bits per heavy atom. The first-order valence-electron chi connectivity index (χ1n) is 14.1. The molecule has 1 aliphatic rings. The standard InChI is InChI=1S/C29H29F3N10O2/c1-29(2,43)25(30)15-41-14-23(37-40-41)20-13-34-22(24-8-7-19-9-16(11-33)12-35-42(19)24)10-21(20)36-18-5-3-17(4-6-18)27-38-39-28(44-27)26(31)32/h7-10,12-14,17-18,25-26,43H,3-6,15H2,1-2H3,(H,34,36)/t17?,18?,25-/m1/s1. The van der Waals surface area contributed by atoms with Crippen molar-refractivity contribution >= 4 is 11.2 Å². The molecule has 2 N–H and O–H groups in total. The number of alkyl halides is 3. The summed E-state index contributed by atoms with van der Waals surface area (Å²) >= 11 is 0. The number of aliphatic hydroxyl groups is 1. The van der Waals surface area contributed by atoms with Crippen molar-refractivity contribution in [1.82, 2.24) is 39.8 Å². The monoisotopic (exact) mass is 606 g/mol. The van der Waals surface area contributed by atoms with Crippen molar-refractivity contribution in [2.24, 2.45) is 0 Å². The lowest BCUT2D eigenvalue weighted by Crippen LogP contribution is -2.35. The van der Waals surface area contributed by atoms with Gasteiger partial charge in [0, 0.05) is 29.4 Å². The maximum atomic E-state index is 14.5. The number of halogens is 3. The highest BCUT2D eigenvalue weighted by Crippen LogP contribution is 2.37. The fourth-order valence-corrected chi connectivity index (χ4v) is 5.28. The van der Waals surface area contributed by atoms with Gasteiger partial charge in [-0.1, -0.05) is 5.21 Å². The molecular formula is C29H29F3N10O2. The highest BCUT2D eigenvalue weighted by Gasteiger charge is 2.30. The van der Waals surface area contributed by atoms with Crippen LogP contribution in [0.5, 0.6) is 0 Å². The lowest BCUT2D eigenvalue weighted by molar-refractivity contribution is -0.0120. The summed E-state index contributed by atoms with van der Waals surface area (Å²) in [6, 6.07) is 9.45. The van der Waals surface area contributed by atoms with E-state index < -0.39 is 24.1 Å². The van der Waals surface area contributed by atoms with Crippen LogP contribution in [-0.4, -0.2) is 62.7 Å². The predicted molar refractivity (Wildman–Crippen MR) is 151 cm³/mol. The van der Waals surface area contributed by atoms with E-state index in [1.165, 1.54) is 24.7 Å². The molecule has 0 spiro atoms. The molecule has 1 atom stereocenters. The van der Waals surface area contributed by atoms with E-state index in [2.05, 4.69) is 42.0 Å².